The predicted molar refractivity (Wildman–Crippen MR) is 117 cm³/mol. The molecular weight excluding hydrogens is 392 g/mol. The largest absolute Gasteiger partial charge is 0.338 e. The summed E-state index contributed by atoms with van der Waals surface area (Å²) in [5.41, 5.74) is 3.33. The van der Waals surface area contributed by atoms with Crippen molar-refractivity contribution in [1.29, 1.82) is 0 Å². The van der Waals surface area contributed by atoms with E-state index in [2.05, 4.69) is 20.1 Å². The van der Waals surface area contributed by atoms with Gasteiger partial charge in [-0.3, -0.25) is 9.69 Å². The lowest BCUT2D eigenvalue weighted by molar-refractivity contribution is 0.233. The van der Waals surface area contributed by atoms with Crippen molar-refractivity contribution in [3.05, 3.63) is 70.4 Å². The smallest absolute Gasteiger partial charge is 0.277 e. The lowest BCUT2D eigenvalue weighted by Crippen LogP contribution is -2.24. The van der Waals surface area contributed by atoms with E-state index >= 15 is 0 Å². The molecule has 0 bridgehead atoms. The summed E-state index contributed by atoms with van der Waals surface area (Å²) in [6, 6.07) is 9.93. The zero-order valence-electron chi connectivity index (χ0n) is 17.7. The summed E-state index contributed by atoms with van der Waals surface area (Å²) >= 11 is 0. The molecule has 0 saturated carbocycles. The van der Waals surface area contributed by atoms with Crippen molar-refractivity contribution in [3.8, 4) is 11.3 Å². The molecular formula is C23H26N6O2. The molecule has 0 radical (unpaired) electrons. The molecule has 1 saturated heterocycles. The van der Waals surface area contributed by atoms with E-state index in [-0.39, 0.29) is 12.1 Å². The number of aromatic nitrogens is 5. The van der Waals surface area contributed by atoms with Crippen LogP contribution < -0.4 is 5.56 Å². The van der Waals surface area contributed by atoms with Gasteiger partial charge in [0.15, 0.2) is 5.82 Å². The minimum absolute atomic E-state index is 0.132. The van der Waals surface area contributed by atoms with E-state index in [0.717, 1.165) is 24.3 Å². The quantitative estimate of drug-likeness (QED) is 0.495. The normalized spacial score (nSPS) is 15.4. The van der Waals surface area contributed by atoms with E-state index in [1.807, 2.05) is 37.3 Å². The van der Waals surface area contributed by atoms with Crippen LogP contribution in [0.2, 0.25) is 0 Å². The Hall–Kier alpha value is -3.26. The molecule has 5 rings (SSSR count). The van der Waals surface area contributed by atoms with Crippen LogP contribution in [0.4, 0.5) is 0 Å². The molecule has 0 spiro atoms. The van der Waals surface area contributed by atoms with Gasteiger partial charge in [0.2, 0.25) is 5.89 Å². The number of nitrogens with zero attached hydrogens (tertiary/aromatic N) is 6. The van der Waals surface area contributed by atoms with E-state index in [4.69, 9.17) is 4.52 Å². The van der Waals surface area contributed by atoms with E-state index in [1.54, 1.807) is 21.5 Å². The first-order chi connectivity index (χ1) is 15.2. The van der Waals surface area contributed by atoms with Crippen LogP contribution in [-0.2, 0) is 13.1 Å². The second-order valence-corrected chi connectivity index (χ2v) is 8.25. The Labute approximate surface area is 180 Å². The number of hydrogen-bond acceptors (Lipinski definition) is 6. The van der Waals surface area contributed by atoms with Gasteiger partial charge in [-0.05, 0) is 38.9 Å². The van der Waals surface area contributed by atoms with Gasteiger partial charge in [-0.1, -0.05) is 47.8 Å². The second kappa shape index (κ2) is 8.47. The number of fused-ring (bicyclic) bond motifs is 1. The Kier molecular flexibility index (Phi) is 5.38. The second-order valence-electron chi connectivity index (χ2n) is 8.25. The molecule has 31 heavy (non-hydrogen) atoms. The van der Waals surface area contributed by atoms with Crippen LogP contribution in [-0.4, -0.2) is 42.3 Å². The number of rotatable bonds is 5. The van der Waals surface area contributed by atoms with Gasteiger partial charge in [0, 0.05) is 18.0 Å². The van der Waals surface area contributed by atoms with Gasteiger partial charge in [0.05, 0.1) is 18.8 Å². The molecule has 1 aliphatic heterocycles. The third kappa shape index (κ3) is 4.29. The van der Waals surface area contributed by atoms with E-state index in [1.165, 1.54) is 31.2 Å². The van der Waals surface area contributed by atoms with Gasteiger partial charge in [-0.2, -0.15) is 10.1 Å². The lowest BCUT2D eigenvalue weighted by Gasteiger charge is -2.16. The molecule has 1 aliphatic rings. The number of likely N-dealkylation sites (tertiary alicyclic amines) is 1. The fourth-order valence-corrected chi connectivity index (χ4v) is 4.07. The molecule has 4 heterocycles. The summed E-state index contributed by atoms with van der Waals surface area (Å²) in [6.07, 6.45) is 8.51. The molecule has 8 heteroatoms. The molecule has 1 aromatic carbocycles. The van der Waals surface area contributed by atoms with Gasteiger partial charge in [0.25, 0.3) is 5.56 Å². The highest BCUT2D eigenvalue weighted by atomic mass is 16.5. The highest BCUT2D eigenvalue weighted by Gasteiger charge is 2.15. The molecule has 8 nitrogen and oxygen atoms in total. The average molecular weight is 419 g/mol. The maximum Gasteiger partial charge on any atom is 0.277 e. The van der Waals surface area contributed by atoms with E-state index < -0.39 is 0 Å². The Morgan fingerprint density at radius 3 is 2.55 bits per heavy atom. The van der Waals surface area contributed by atoms with Crippen molar-refractivity contribution < 1.29 is 4.52 Å². The Balaban J connectivity index is 1.35. The summed E-state index contributed by atoms with van der Waals surface area (Å²) in [5, 5.41) is 8.63. The summed E-state index contributed by atoms with van der Waals surface area (Å²) in [5.74, 6) is 1.12. The molecule has 0 N–H and O–H groups in total. The summed E-state index contributed by atoms with van der Waals surface area (Å²) in [6.45, 7) is 5.12. The zero-order chi connectivity index (χ0) is 21.2. The molecule has 160 valence electrons. The van der Waals surface area contributed by atoms with Crippen molar-refractivity contribution in [2.75, 3.05) is 13.1 Å². The Morgan fingerprint density at radius 2 is 1.77 bits per heavy atom. The molecule has 0 amide bonds. The molecule has 0 aliphatic carbocycles. The van der Waals surface area contributed by atoms with Gasteiger partial charge in [0.1, 0.15) is 5.52 Å². The highest BCUT2D eigenvalue weighted by Crippen LogP contribution is 2.19. The summed E-state index contributed by atoms with van der Waals surface area (Å²) in [4.78, 5) is 19.9. The van der Waals surface area contributed by atoms with Gasteiger partial charge in [-0.25, -0.2) is 4.52 Å². The lowest BCUT2D eigenvalue weighted by atomic mass is 10.1. The monoisotopic (exact) mass is 418 g/mol. The fourth-order valence-electron chi connectivity index (χ4n) is 4.07. The van der Waals surface area contributed by atoms with Crippen LogP contribution in [0.3, 0.4) is 0 Å². The van der Waals surface area contributed by atoms with E-state index in [9.17, 15) is 4.79 Å². The van der Waals surface area contributed by atoms with Crippen LogP contribution in [0.15, 0.2) is 52.0 Å². The Bertz CT molecular complexity index is 1230. The maximum atomic E-state index is 13.0. The van der Waals surface area contributed by atoms with Gasteiger partial charge >= 0.3 is 0 Å². The molecule has 3 aromatic heterocycles. The van der Waals surface area contributed by atoms with Crippen LogP contribution >= 0.6 is 0 Å². The topological polar surface area (TPSA) is 81.5 Å². The predicted octanol–water partition coefficient (Wildman–Crippen LogP) is 3.28. The molecule has 1 fully saturated rings. The SMILES string of the molecule is Cc1ccc(-c2cc3c(=O)n(Cc4noc(CN5CCCCCC5)n4)ccn3n2)cc1. The first-order valence-electron chi connectivity index (χ1n) is 10.9. The van der Waals surface area contributed by atoms with Crippen molar-refractivity contribution in [1.82, 2.24) is 29.2 Å². The van der Waals surface area contributed by atoms with Crippen molar-refractivity contribution in [3.63, 3.8) is 0 Å². The number of aryl methyl sites for hydroxylation is 1. The summed E-state index contributed by atoms with van der Waals surface area (Å²) in [7, 11) is 0. The van der Waals surface area contributed by atoms with Gasteiger partial charge in [-0.15, -0.1) is 0 Å². The van der Waals surface area contributed by atoms with Crippen LogP contribution in [0.25, 0.3) is 16.8 Å². The maximum absolute atomic E-state index is 13.0. The highest BCUT2D eigenvalue weighted by molar-refractivity contribution is 5.65. The van der Waals surface area contributed by atoms with Crippen LogP contribution in [0.1, 0.15) is 43.0 Å². The Morgan fingerprint density at radius 1 is 1.00 bits per heavy atom. The third-order valence-corrected chi connectivity index (χ3v) is 5.83. The number of benzene rings is 1. The number of hydrogen-bond donors (Lipinski definition) is 0. The van der Waals surface area contributed by atoms with E-state index in [0.29, 0.717) is 23.8 Å². The first-order valence-corrected chi connectivity index (χ1v) is 10.9. The minimum atomic E-state index is -0.132. The molecule has 0 unspecified atom stereocenters. The molecule has 0 atom stereocenters. The van der Waals surface area contributed by atoms with Crippen LogP contribution in [0.5, 0.6) is 0 Å². The summed E-state index contributed by atoms with van der Waals surface area (Å²) < 4.78 is 8.66. The fraction of sp³-hybridized carbons (Fsp3) is 0.391. The average Bonchev–Trinajstić information content (AvgIpc) is 3.32. The van der Waals surface area contributed by atoms with Crippen molar-refractivity contribution >= 4 is 5.52 Å². The minimum Gasteiger partial charge on any atom is -0.338 e. The zero-order valence-corrected chi connectivity index (χ0v) is 17.7. The standard InChI is InChI=1S/C23H26N6O2/c1-17-6-8-18(9-7-17)19-14-20-23(30)28(12-13-29(20)25-19)15-21-24-22(31-26-21)16-27-10-4-2-3-5-11-27/h6-9,12-14H,2-5,10-11,15-16H2,1H3. The van der Waals surface area contributed by atoms with Crippen LogP contribution in [0, 0.1) is 6.92 Å². The first kappa shape index (κ1) is 19.7. The molecule has 4 aromatic rings. The van der Waals surface area contributed by atoms with Crippen molar-refractivity contribution in [2.45, 2.75) is 45.7 Å². The third-order valence-electron chi connectivity index (χ3n) is 5.83. The van der Waals surface area contributed by atoms with Gasteiger partial charge < -0.3 is 9.09 Å². The van der Waals surface area contributed by atoms with Crippen molar-refractivity contribution in [2.24, 2.45) is 0 Å².